The Morgan fingerprint density at radius 3 is 2.74 bits per heavy atom. The highest BCUT2D eigenvalue weighted by atomic mass is 16.5. The molecule has 0 spiro atoms. The summed E-state index contributed by atoms with van der Waals surface area (Å²) in [5, 5.41) is 8.95. The maximum atomic E-state index is 10.9. The van der Waals surface area contributed by atoms with Crippen molar-refractivity contribution in [2.45, 2.75) is 26.3 Å². The van der Waals surface area contributed by atoms with Gasteiger partial charge in [-0.15, -0.1) is 0 Å². The van der Waals surface area contributed by atoms with Gasteiger partial charge in [0.1, 0.15) is 5.76 Å². The van der Waals surface area contributed by atoms with E-state index in [9.17, 15) is 4.79 Å². The van der Waals surface area contributed by atoms with E-state index in [0.717, 1.165) is 32.6 Å². The Bertz CT molecular complexity index is 435. The molecule has 1 aliphatic rings. The maximum Gasteiger partial charge on any atom is 0.372 e. The third-order valence-electron chi connectivity index (χ3n) is 3.50. The molecule has 5 nitrogen and oxygen atoms in total. The molecule has 0 amide bonds. The SMILES string of the molecule is Cc1cc(CN(C)CC2CCOCC2)oc1C(=O)O. The van der Waals surface area contributed by atoms with Gasteiger partial charge in [-0.3, -0.25) is 4.90 Å². The molecule has 0 radical (unpaired) electrons. The van der Waals surface area contributed by atoms with Crippen LogP contribution in [0.2, 0.25) is 0 Å². The fourth-order valence-electron chi connectivity index (χ4n) is 2.54. The summed E-state index contributed by atoms with van der Waals surface area (Å²) in [5.74, 6) is 0.420. The van der Waals surface area contributed by atoms with Gasteiger partial charge in [0.2, 0.25) is 5.76 Å². The Balaban J connectivity index is 1.89. The molecule has 1 N–H and O–H groups in total. The average Bonchev–Trinajstić information content (AvgIpc) is 2.71. The summed E-state index contributed by atoms with van der Waals surface area (Å²) in [5.41, 5.74) is 0.682. The highest BCUT2D eigenvalue weighted by molar-refractivity contribution is 5.86. The summed E-state index contributed by atoms with van der Waals surface area (Å²) in [6, 6.07) is 1.81. The predicted molar refractivity (Wildman–Crippen MR) is 70.3 cm³/mol. The third kappa shape index (κ3) is 3.81. The smallest absolute Gasteiger partial charge is 0.372 e. The first kappa shape index (κ1) is 14.1. The molecule has 1 fully saturated rings. The lowest BCUT2D eigenvalue weighted by Gasteiger charge is -2.26. The van der Waals surface area contributed by atoms with E-state index < -0.39 is 5.97 Å². The zero-order valence-corrected chi connectivity index (χ0v) is 11.5. The van der Waals surface area contributed by atoms with Crippen LogP contribution in [0.4, 0.5) is 0 Å². The van der Waals surface area contributed by atoms with E-state index in [1.807, 2.05) is 13.1 Å². The molecule has 1 aromatic rings. The van der Waals surface area contributed by atoms with Gasteiger partial charge >= 0.3 is 5.97 Å². The van der Waals surface area contributed by atoms with Crippen molar-refractivity contribution < 1.29 is 19.1 Å². The molecule has 19 heavy (non-hydrogen) atoms. The van der Waals surface area contributed by atoms with Gasteiger partial charge in [-0.05, 0) is 38.8 Å². The highest BCUT2D eigenvalue weighted by Crippen LogP contribution is 2.19. The Morgan fingerprint density at radius 2 is 2.16 bits per heavy atom. The van der Waals surface area contributed by atoms with Crippen molar-refractivity contribution in [1.82, 2.24) is 4.90 Å². The van der Waals surface area contributed by atoms with Gasteiger partial charge in [0.25, 0.3) is 0 Å². The molecule has 2 heterocycles. The molecule has 1 aromatic heterocycles. The molecule has 106 valence electrons. The Kier molecular flexibility index (Phi) is 4.61. The second-order valence-corrected chi connectivity index (χ2v) is 5.28. The van der Waals surface area contributed by atoms with Crippen LogP contribution in [0.25, 0.3) is 0 Å². The highest BCUT2D eigenvalue weighted by Gasteiger charge is 2.18. The molecule has 2 rings (SSSR count). The molecule has 5 heteroatoms. The van der Waals surface area contributed by atoms with E-state index in [2.05, 4.69) is 4.90 Å². The van der Waals surface area contributed by atoms with Gasteiger partial charge < -0.3 is 14.3 Å². The van der Waals surface area contributed by atoms with Gasteiger partial charge in [-0.1, -0.05) is 0 Å². The Morgan fingerprint density at radius 1 is 1.47 bits per heavy atom. The van der Waals surface area contributed by atoms with Crippen molar-refractivity contribution in [3.8, 4) is 0 Å². The van der Waals surface area contributed by atoms with Crippen molar-refractivity contribution in [3.63, 3.8) is 0 Å². The van der Waals surface area contributed by atoms with Gasteiger partial charge in [0.05, 0.1) is 6.54 Å². The minimum atomic E-state index is -1.00. The van der Waals surface area contributed by atoms with Crippen molar-refractivity contribution in [2.24, 2.45) is 5.92 Å². The fourth-order valence-corrected chi connectivity index (χ4v) is 2.54. The number of aromatic carboxylic acids is 1. The van der Waals surface area contributed by atoms with Crippen LogP contribution in [-0.4, -0.2) is 42.8 Å². The summed E-state index contributed by atoms with van der Waals surface area (Å²) < 4.78 is 10.7. The van der Waals surface area contributed by atoms with Crippen LogP contribution in [0.5, 0.6) is 0 Å². The van der Waals surface area contributed by atoms with Crippen molar-refractivity contribution in [1.29, 1.82) is 0 Å². The van der Waals surface area contributed by atoms with Crippen molar-refractivity contribution >= 4 is 5.97 Å². The van der Waals surface area contributed by atoms with Gasteiger partial charge in [0, 0.05) is 25.3 Å². The molecular weight excluding hydrogens is 246 g/mol. The number of rotatable bonds is 5. The number of nitrogens with zero attached hydrogens (tertiary/aromatic N) is 1. The van der Waals surface area contributed by atoms with Crippen LogP contribution in [0.1, 0.15) is 34.7 Å². The zero-order valence-electron chi connectivity index (χ0n) is 11.5. The van der Waals surface area contributed by atoms with Crippen LogP contribution in [0.3, 0.4) is 0 Å². The first-order valence-corrected chi connectivity index (χ1v) is 6.65. The second-order valence-electron chi connectivity index (χ2n) is 5.28. The molecule has 1 saturated heterocycles. The van der Waals surface area contributed by atoms with E-state index >= 15 is 0 Å². The van der Waals surface area contributed by atoms with Crippen molar-refractivity contribution in [2.75, 3.05) is 26.8 Å². The number of furan rings is 1. The van der Waals surface area contributed by atoms with Gasteiger partial charge in [-0.2, -0.15) is 0 Å². The fraction of sp³-hybridized carbons (Fsp3) is 0.643. The van der Waals surface area contributed by atoms with Crippen LogP contribution in [0.15, 0.2) is 10.5 Å². The summed E-state index contributed by atoms with van der Waals surface area (Å²) in [4.78, 5) is 13.1. The zero-order chi connectivity index (χ0) is 13.8. The lowest BCUT2D eigenvalue weighted by Crippen LogP contribution is -2.29. The number of carbonyl (C=O) groups is 1. The Hall–Kier alpha value is -1.33. The molecular formula is C14H21NO4. The quantitative estimate of drug-likeness (QED) is 0.885. The number of ether oxygens (including phenoxy) is 1. The van der Waals surface area contributed by atoms with E-state index in [-0.39, 0.29) is 5.76 Å². The van der Waals surface area contributed by atoms with E-state index in [1.165, 1.54) is 0 Å². The van der Waals surface area contributed by atoms with Gasteiger partial charge in [-0.25, -0.2) is 4.79 Å². The predicted octanol–water partition coefficient (Wildman–Crippen LogP) is 2.14. The molecule has 1 aliphatic heterocycles. The lowest BCUT2D eigenvalue weighted by molar-refractivity contribution is 0.0538. The normalized spacial score (nSPS) is 17.0. The summed E-state index contributed by atoms with van der Waals surface area (Å²) in [6.07, 6.45) is 2.20. The van der Waals surface area contributed by atoms with Crippen molar-refractivity contribution in [3.05, 3.63) is 23.2 Å². The molecule has 0 bridgehead atoms. The first-order valence-electron chi connectivity index (χ1n) is 6.65. The largest absolute Gasteiger partial charge is 0.475 e. The number of carboxylic acids is 1. The standard InChI is InChI=1S/C14H21NO4/c1-10-7-12(19-13(10)14(16)17)9-15(2)8-11-3-5-18-6-4-11/h7,11H,3-6,8-9H2,1-2H3,(H,16,17). The first-order chi connectivity index (χ1) is 9.06. The molecule has 0 aliphatic carbocycles. The van der Waals surface area contributed by atoms with E-state index in [1.54, 1.807) is 6.92 Å². The van der Waals surface area contributed by atoms with Crippen LogP contribution in [0, 0.1) is 12.8 Å². The second kappa shape index (κ2) is 6.21. The minimum absolute atomic E-state index is 0.0504. The monoisotopic (exact) mass is 267 g/mol. The maximum absolute atomic E-state index is 10.9. The molecule has 0 aromatic carbocycles. The van der Waals surface area contributed by atoms with Crippen LogP contribution in [-0.2, 0) is 11.3 Å². The lowest BCUT2D eigenvalue weighted by atomic mass is 10.00. The molecule has 0 saturated carbocycles. The molecule has 0 atom stereocenters. The van der Waals surface area contributed by atoms with Crippen LogP contribution < -0.4 is 0 Å². The minimum Gasteiger partial charge on any atom is -0.475 e. The average molecular weight is 267 g/mol. The number of carboxylic acid groups (broad SMARTS) is 1. The summed E-state index contributed by atoms with van der Waals surface area (Å²) >= 11 is 0. The van der Waals surface area contributed by atoms with E-state index in [0.29, 0.717) is 23.8 Å². The molecule has 0 unspecified atom stereocenters. The number of hydrogen-bond donors (Lipinski definition) is 1. The topological polar surface area (TPSA) is 62.9 Å². The number of aryl methyl sites for hydroxylation is 1. The third-order valence-corrected chi connectivity index (χ3v) is 3.50. The van der Waals surface area contributed by atoms with Crippen LogP contribution >= 0.6 is 0 Å². The Labute approximate surface area is 113 Å². The van der Waals surface area contributed by atoms with Gasteiger partial charge in [0.15, 0.2) is 0 Å². The van der Waals surface area contributed by atoms with E-state index in [4.69, 9.17) is 14.3 Å². The summed E-state index contributed by atoms with van der Waals surface area (Å²) in [7, 11) is 2.04. The summed E-state index contributed by atoms with van der Waals surface area (Å²) in [6.45, 7) is 5.09. The number of hydrogen-bond acceptors (Lipinski definition) is 4.